The number of halogens is 2. The van der Waals surface area contributed by atoms with Crippen LogP contribution in [0.15, 0.2) is 22.8 Å². The Morgan fingerprint density at radius 2 is 1.70 bits per heavy atom. The van der Waals surface area contributed by atoms with E-state index < -0.39 is 0 Å². The van der Waals surface area contributed by atoms with E-state index in [0.29, 0.717) is 6.54 Å². The van der Waals surface area contributed by atoms with Crippen LogP contribution in [-0.2, 0) is 0 Å². The molecule has 3 nitrogen and oxygen atoms in total. The summed E-state index contributed by atoms with van der Waals surface area (Å²) in [7, 11) is 0. The number of allylic oxidation sites excluding steroid dienone is 2. The third-order valence-electron chi connectivity index (χ3n) is 5.11. The van der Waals surface area contributed by atoms with Gasteiger partial charge in [-0.2, -0.15) is 5.06 Å². The van der Waals surface area contributed by atoms with Crippen LogP contribution in [0, 0.1) is 10.8 Å². The minimum atomic E-state index is 0.0596. The van der Waals surface area contributed by atoms with Crippen molar-refractivity contribution in [1.82, 2.24) is 9.96 Å². The minimum absolute atomic E-state index is 0.0596. The number of piperidine rings is 2. The molecule has 1 N–H and O–H groups in total. The molecule has 2 saturated heterocycles. The molecule has 0 amide bonds. The molecule has 2 aliphatic heterocycles. The Labute approximate surface area is 150 Å². The van der Waals surface area contributed by atoms with Crippen molar-refractivity contribution in [1.29, 1.82) is 0 Å². The SMILES string of the molecule is C=C(Cl)C[C@]1(C)CCCN(/C=C(\Cl)C[C@]2(C)CCCN(O)C2)C1. The van der Waals surface area contributed by atoms with E-state index in [1.165, 1.54) is 11.5 Å². The molecule has 2 fully saturated rings. The highest BCUT2D eigenvalue weighted by Crippen LogP contribution is 2.39. The molecule has 5 heteroatoms. The molecule has 2 rings (SSSR count). The number of likely N-dealkylation sites (tertiary alicyclic amines) is 1. The summed E-state index contributed by atoms with van der Waals surface area (Å²) in [6, 6.07) is 0. The van der Waals surface area contributed by atoms with Crippen molar-refractivity contribution in [3.63, 3.8) is 0 Å². The Morgan fingerprint density at radius 3 is 2.30 bits per heavy atom. The molecule has 0 aromatic heterocycles. The fourth-order valence-electron chi connectivity index (χ4n) is 4.16. The maximum Gasteiger partial charge on any atom is 0.0345 e. The molecule has 0 saturated carbocycles. The van der Waals surface area contributed by atoms with Gasteiger partial charge in [-0.1, -0.05) is 43.6 Å². The van der Waals surface area contributed by atoms with Crippen molar-refractivity contribution >= 4 is 23.2 Å². The quantitative estimate of drug-likeness (QED) is 0.730. The molecule has 2 atom stereocenters. The lowest BCUT2D eigenvalue weighted by Crippen LogP contribution is -2.40. The molecule has 132 valence electrons. The molecule has 0 bridgehead atoms. The number of hydroxylamine groups is 2. The van der Waals surface area contributed by atoms with E-state index in [4.69, 9.17) is 23.2 Å². The third kappa shape index (κ3) is 5.97. The standard InChI is InChI=1S/C18H30Cl2N2O/c1-15(19)10-17(2)6-4-8-21(13-17)12-16(20)11-18(3)7-5-9-22(23)14-18/h12,23H,1,4-11,13-14H2,2-3H3/b16-12-/t17-,18-/m0/s1. The second-order valence-corrected chi connectivity index (χ2v) is 9.15. The van der Waals surface area contributed by atoms with Gasteiger partial charge in [-0.3, -0.25) is 0 Å². The molecule has 0 radical (unpaired) electrons. The summed E-state index contributed by atoms with van der Waals surface area (Å²) in [6.45, 7) is 11.8. The predicted octanol–water partition coefficient (Wildman–Crippen LogP) is 5.19. The van der Waals surface area contributed by atoms with Gasteiger partial charge < -0.3 is 10.1 Å². The molecule has 2 heterocycles. The minimum Gasteiger partial charge on any atom is -0.376 e. The molecular formula is C18H30Cl2N2O. The Bertz CT molecular complexity index is 468. The van der Waals surface area contributed by atoms with Gasteiger partial charge in [0, 0.05) is 42.4 Å². The van der Waals surface area contributed by atoms with E-state index in [2.05, 4.69) is 31.5 Å². The second-order valence-electron chi connectivity index (χ2n) is 8.13. The summed E-state index contributed by atoms with van der Waals surface area (Å²) >= 11 is 12.6. The smallest absolute Gasteiger partial charge is 0.0345 e. The van der Waals surface area contributed by atoms with Crippen molar-refractivity contribution < 1.29 is 5.21 Å². The van der Waals surface area contributed by atoms with Crippen molar-refractivity contribution in [2.75, 3.05) is 26.2 Å². The van der Waals surface area contributed by atoms with Gasteiger partial charge in [-0.15, -0.1) is 0 Å². The van der Waals surface area contributed by atoms with Crippen LogP contribution in [-0.4, -0.2) is 41.3 Å². The highest BCUT2D eigenvalue weighted by atomic mass is 35.5. The molecule has 0 aromatic carbocycles. The number of nitrogens with zero attached hydrogens (tertiary/aromatic N) is 2. The topological polar surface area (TPSA) is 26.7 Å². The molecule has 0 aliphatic carbocycles. The molecule has 0 unspecified atom stereocenters. The van der Waals surface area contributed by atoms with Crippen LogP contribution in [0.2, 0.25) is 0 Å². The van der Waals surface area contributed by atoms with Gasteiger partial charge in [0.1, 0.15) is 0 Å². The van der Waals surface area contributed by atoms with Gasteiger partial charge in [-0.25, -0.2) is 0 Å². The van der Waals surface area contributed by atoms with Crippen LogP contribution in [0.4, 0.5) is 0 Å². The van der Waals surface area contributed by atoms with Gasteiger partial charge in [0.05, 0.1) is 0 Å². The Hall–Kier alpha value is -0.220. The summed E-state index contributed by atoms with van der Waals surface area (Å²) in [5, 5.41) is 12.8. The van der Waals surface area contributed by atoms with Crippen LogP contribution in [0.1, 0.15) is 52.4 Å². The first-order valence-electron chi connectivity index (χ1n) is 8.57. The summed E-state index contributed by atoms with van der Waals surface area (Å²) < 4.78 is 0. The maximum absolute atomic E-state index is 9.77. The van der Waals surface area contributed by atoms with Gasteiger partial charge in [-0.05, 0) is 49.4 Å². The van der Waals surface area contributed by atoms with Crippen molar-refractivity contribution in [3.05, 3.63) is 22.8 Å². The van der Waals surface area contributed by atoms with E-state index in [1.54, 1.807) is 0 Å². The first kappa shape index (κ1) is 19.1. The van der Waals surface area contributed by atoms with E-state index in [1.807, 2.05) is 0 Å². The van der Waals surface area contributed by atoms with Crippen molar-refractivity contribution in [3.8, 4) is 0 Å². The fraction of sp³-hybridized carbons (Fsp3) is 0.778. The van der Waals surface area contributed by atoms with E-state index in [-0.39, 0.29) is 10.8 Å². The highest BCUT2D eigenvalue weighted by molar-refractivity contribution is 6.29. The fourth-order valence-corrected chi connectivity index (χ4v) is 4.94. The lowest BCUT2D eigenvalue weighted by atomic mass is 9.78. The zero-order chi connectivity index (χ0) is 17.1. The van der Waals surface area contributed by atoms with Crippen LogP contribution in [0.5, 0.6) is 0 Å². The molecule has 0 spiro atoms. The zero-order valence-corrected chi connectivity index (χ0v) is 16.0. The Balaban J connectivity index is 1.95. The van der Waals surface area contributed by atoms with Gasteiger partial charge in [0.2, 0.25) is 0 Å². The maximum atomic E-state index is 9.77. The molecule has 2 aliphatic rings. The van der Waals surface area contributed by atoms with Crippen LogP contribution < -0.4 is 0 Å². The predicted molar refractivity (Wildman–Crippen MR) is 97.8 cm³/mol. The average molecular weight is 361 g/mol. The highest BCUT2D eigenvalue weighted by Gasteiger charge is 2.33. The lowest BCUT2D eigenvalue weighted by Gasteiger charge is -2.41. The summed E-state index contributed by atoms with van der Waals surface area (Å²) in [5.41, 5.74) is 0.242. The first-order chi connectivity index (χ1) is 10.7. The second kappa shape index (κ2) is 7.77. The zero-order valence-electron chi connectivity index (χ0n) is 14.5. The lowest BCUT2D eigenvalue weighted by molar-refractivity contribution is -0.135. The Morgan fingerprint density at radius 1 is 1.09 bits per heavy atom. The van der Waals surface area contributed by atoms with E-state index in [0.717, 1.165) is 61.8 Å². The first-order valence-corrected chi connectivity index (χ1v) is 9.33. The van der Waals surface area contributed by atoms with E-state index in [9.17, 15) is 5.21 Å². The third-order valence-corrected chi connectivity index (χ3v) is 5.47. The van der Waals surface area contributed by atoms with Crippen LogP contribution in [0.25, 0.3) is 0 Å². The van der Waals surface area contributed by atoms with Gasteiger partial charge >= 0.3 is 0 Å². The summed E-state index contributed by atoms with van der Waals surface area (Å²) in [4.78, 5) is 2.33. The summed E-state index contributed by atoms with van der Waals surface area (Å²) in [6.07, 6.45) is 8.25. The summed E-state index contributed by atoms with van der Waals surface area (Å²) in [5.74, 6) is 0. The monoisotopic (exact) mass is 360 g/mol. The van der Waals surface area contributed by atoms with Gasteiger partial charge in [0.15, 0.2) is 0 Å². The normalized spacial score (nSPS) is 33.8. The molecule has 0 aromatic rings. The largest absolute Gasteiger partial charge is 0.376 e. The van der Waals surface area contributed by atoms with Gasteiger partial charge in [0.25, 0.3) is 0 Å². The molecular weight excluding hydrogens is 331 g/mol. The van der Waals surface area contributed by atoms with Crippen LogP contribution >= 0.6 is 23.2 Å². The van der Waals surface area contributed by atoms with Crippen molar-refractivity contribution in [2.45, 2.75) is 52.4 Å². The average Bonchev–Trinajstić information content (AvgIpc) is 2.35. The van der Waals surface area contributed by atoms with Crippen LogP contribution in [0.3, 0.4) is 0 Å². The number of hydrogen-bond acceptors (Lipinski definition) is 3. The Kier molecular flexibility index (Phi) is 6.46. The number of hydrogen-bond donors (Lipinski definition) is 1. The molecule has 23 heavy (non-hydrogen) atoms. The van der Waals surface area contributed by atoms with E-state index >= 15 is 0 Å². The van der Waals surface area contributed by atoms with Crippen molar-refractivity contribution in [2.24, 2.45) is 10.8 Å². The number of rotatable bonds is 5.